The predicted molar refractivity (Wildman–Crippen MR) is 227 cm³/mol. The van der Waals surface area contributed by atoms with E-state index in [4.69, 9.17) is 0 Å². The van der Waals surface area contributed by atoms with Gasteiger partial charge in [0, 0.05) is 16.8 Å². The van der Waals surface area contributed by atoms with Gasteiger partial charge in [0.05, 0.1) is 16.8 Å². The standard InChI is InChI=1S/C53H37N/c1-5-20-38(21-6-1)44-30-15-16-31-45(44)46-32-17-18-34-50(46)54(43-28-11-4-12-29-43)51-35-19-33-48-52(51)47-36-39-22-13-14-23-40(39)37-49(47)53(48,41-24-7-2-8-25-41)42-26-9-3-10-27-42/h1-37H. The maximum atomic E-state index is 2.49. The molecule has 9 aromatic carbocycles. The van der Waals surface area contributed by atoms with E-state index in [-0.39, 0.29) is 0 Å². The summed E-state index contributed by atoms with van der Waals surface area (Å²) in [5.41, 5.74) is 15.2. The van der Waals surface area contributed by atoms with Crippen LogP contribution in [-0.2, 0) is 5.41 Å². The molecule has 0 aliphatic heterocycles. The van der Waals surface area contributed by atoms with Gasteiger partial charge in [-0.2, -0.15) is 0 Å². The van der Waals surface area contributed by atoms with Gasteiger partial charge in [0.1, 0.15) is 0 Å². The van der Waals surface area contributed by atoms with Gasteiger partial charge < -0.3 is 4.90 Å². The lowest BCUT2D eigenvalue weighted by Crippen LogP contribution is -2.28. The highest BCUT2D eigenvalue weighted by atomic mass is 15.1. The average molecular weight is 688 g/mol. The normalized spacial score (nSPS) is 12.6. The summed E-state index contributed by atoms with van der Waals surface area (Å²) < 4.78 is 0. The molecule has 0 heterocycles. The Labute approximate surface area is 317 Å². The number of benzene rings is 9. The molecule has 0 atom stereocenters. The van der Waals surface area contributed by atoms with Gasteiger partial charge in [0.25, 0.3) is 0 Å². The Balaban J connectivity index is 1.31. The highest BCUT2D eigenvalue weighted by Crippen LogP contribution is 2.60. The van der Waals surface area contributed by atoms with Crippen molar-refractivity contribution in [1.29, 1.82) is 0 Å². The first-order chi connectivity index (χ1) is 26.8. The summed E-state index contributed by atoms with van der Waals surface area (Å²) in [4.78, 5) is 2.49. The van der Waals surface area contributed by atoms with Crippen molar-refractivity contribution < 1.29 is 0 Å². The van der Waals surface area contributed by atoms with E-state index < -0.39 is 5.41 Å². The van der Waals surface area contributed by atoms with E-state index in [1.165, 1.54) is 66.4 Å². The van der Waals surface area contributed by atoms with E-state index in [2.05, 4.69) is 229 Å². The molecule has 254 valence electrons. The van der Waals surface area contributed by atoms with Crippen LogP contribution in [0.1, 0.15) is 22.3 Å². The zero-order valence-electron chi connectivity index (χ0n) is 29.8. The number of hydrogen-bond acceptors (Lipinski definition) is 1. The summed E-state index contributed by atoms with van der Waals surface area (Å²) >= 11 is 0. The molecule has 54 heavy (non-hydrogen) atoms. The van der Waals surface area contributed by atoms with Crippen molar-refractivity contribution in [3.63, 3.8) is 0 Å². The van der Waals surface area contributed by atoms with Gasteiger partial charge in [-0.3, -0.25) is 0 Å². The number of fused-ring (bicyclic) bond motifs is 4. The molecule has 1 aliphatic carbocycles. The van der Waals surface area contributed by atoms with Crippen LogP contribution in [0, 0.1) is 0 Å². The predicted octanol–water partition coefficient (Wildman–Crippen LogP) is 14.0. The van der Waals surface area contributed by atoms with Crippen LogP contribution in [0.15, 0.2) is 224 Å². The first kappa shape index (κ1) is 31.7. The fourth-order valence-corrected chi connectivity index (χ4v) is 8.86. The maximum Gasteiger partial charge on any atom is 0.0714 e. The van der Waals surface area contributed by atoms with Gasteiger partial charge in [-0.15, -0.1) is 0 Å². The lowest BCUT2D eigenvalue weighted by molar-refractivity contribution is 0.769. The van der Waals surface area contributed by atoms with Crippen molar-refractivity contribution in [2.75, 3.05) is 4.90 Å². The Morgan fingerprint density at radius 3 is 1.48 bits per heavy atom. The van der Waals surface area contributed by atoms with Gasteiger partial charge in [-0.05, 0) is 91.7 Å². The first-order valence-electron chi connectivity index (χ1n) is 18.7. The third-order valence-electron chi connectivity index (χ3n) is 11.1. The van der Waals surface area contributed by atoms with E-state index in [9.17, 15) is 0 Å². The summed E-state index contributed by atoms with van der Waals surface area (Å²) in [5, 5.41) is 2.47. The Morgan fingerprint density at radius 2 is 0.815 bits per heavy atom. The largest absolute Gasteiger partial charge is 0.309 e. The number of rotatable bonds is 7. The number of nitrogens with zero attached hydrogens (tertiary/aromatic N) is 1. The number of para-hydroxylation sites is 2. The molecule has 1 aliphatic rings. The number of anilines is 3. The molecule has 0 fully saturated rings. The summed E-state index contributed by atoms with van der Waals surface area (Å²) in [7, 11) is 0. The topological polar surface area (TPSA) is 3.24 Å². The van der Waals surface area contributed by atoms with Crippen molar-refractivity contribution in [3.8, 4) is 33.4 Å². The molecule has 1 heteroatoms. The van der Waals surface area contributed by atoms with E-state index in [1.807, 2.05) is 0 Å². The Bertz CT molecular complexity index is 2710. The summed E-state index contributed by atoms with van der Waals surface area (Å²) in [6, 6.07) is 82.1. The molecule has 0 bridgehead atoms. The first-order valence-corrected chi connectivity index (χ1v) is 18.7. The second kappa shape index (κ2) is 13.2. The van der Waals surface area contributed by atoms with Gasteiger partial charge in [-0.25, -0.2) is 0 Å². The molecule has 0 saturated heterocycles. The van der Waals surface area contributed by atoms with Gasteiger partial charge in [-0.1, -0.05) is 188 Å². The van der Waals surface area contributed by atoms with Crippen LogP contribution in [0.5, 0.6) is 0 Å². The molecular weight excluding hydrogens is 651 g/mol. The van der Waals surface area contributed by atoms with Gasteiger partial charge in [0.2, 0.25) is 0 Å². The van der Waals surface area contributed by atoms with Crippen LogP contribution in [0.25, 0.3) is 44.2 Å². The van der Waals surface area contributed by atoms with Crippen molar-refractivity contribution >= 4 is 27.8 Å². The Morgan fingerprint density at radius 1 is 0.315 bits per heavy atom. The SMILES string of the molecule is c1ccc(-c2ccccc2-c2ccccc2N(c2ccccc2)c2cccc3c2-c2cc4ccccc4cc2C3(c2ccccc2)c2ccccc2)cc1. The van der Waals surface area contributed by atoms with Crippen LogP contribution in [0.3, 0.4) is 0 Å². The smallest absolute Gasteiger partial charge is 0.0714 e. The molecule has 1 nitrogen and oxygen atoms in total. The zero-order chi connectivity index (χ0) is 35.9. The summed E-state index contributed by atoms with van der Waals surface area (Å²) in [6.45, 7) is 0. The molecule has 0 saturated carbocycles. The minimum Gasteiger partial charge on any atom is -0.309 e. The van der Waals surface area contributed by atoms with Gasteiger partial charge >= 0.3 is 0 Å². The molecule has 0 radical (unpaired) electrons. The minimum atomic E-state index is -0.533. The van der Waals surface area contributed by atoms with E-state index in [0.29, 0.717) is 0 Å². The van der Waals surface area contributed by atoms with Crippen LogP contribution in [0.2, 0.25) is 0 Å². The van der Waals surface area contributed by atoms with E-state index in [0.717, 1.165) is 17.1 Å². The Hall–Kier alpha value is -6.96. The molecule has 9 aromatic rings. The van der Waals surface area contributed by atoms with Crippen LogP contribution >= 0.6 is 0 Å². The minimum absolute atomic E-state index is 0.533. The van der Waals surface area contributed by atoms with Crippen molar-refractivity contribution in [2.45, 2.75) is 5.41 Å². The summed E-state index contributed by atoms with van der Waals surface area (Å²) in [6.07, 6.45) is 0. The van der Waals surface area contributed by atoms with E-state index >= 15 is 0 Å². The van der Waals surface area contributed by atoms with Crippen molar-refractivity contribution in [2.24, 2.45) is 0 Å². The molecule has 0 amide bonds. The second-order valence-electron chi connectivity index (χ2n) is 14.0. The molecular formula is C53H37N. The second-order valence-corrected chi connectivity index (χ2v) is 14.0. The lowest BCUT2D eigenvalue weighted by atomic mass is 9.67. The average Bonchev–Trinajstić information content (AvgIpc) is 3.55. The third-order valence-corrected chi connectivity index (χ3v) is 11.1. The highest BCUT2D eigenvalue weighted by molar-refractivity contribution is 6.03. The monoisotopic (exact) mass is 687 g/mol. The maximum absolute atomic E-state index is 2.49. The molecule has 0 aromatic heterocycles. The van der Waals surface area contributed by atoms with Gasteiger partial charge in [0.15, 0.2) is 0 Å². The fourth-order valence-electron chi connectivity index (χ4n) is 8.86. The highest BCUT2D eigenvalue weighted by Gasteiger charge is 2.47. The van der Waals surface area contributed by atoms with Crippen LogP contribution in [0.4, 0.5) is 17.1 Å². The molecule has 0 spiro atoms. The zero-order valence-corrected chi connectivity index (χ0v) is 29.8. The Kier molecular flexibility index (Phi) is 7.78. The van der Waals surface area contributed by atoms with Crippen LogP contribution < -0.4 is 4.90 Å². The molecule has 0 N–H and O–H groups in total. The van der Waals surface area contributed by atoms with Crippen molar-refractivity contribution in [3.05, 3.63) is 247 Å². The number of hydrogen-bond donors (Lipinski definition) is 0. The quantitative estimate of drug-likeness (QED) is 0.161. The summed E-state index contributed by atoms with van der Waals surface area (Å²) in [5.74, 6) is 0. The third kappa shape index (κ3) is 5.01. The lowest BCUT2D eigenvalue weighted by Gasteiger charge is -2.35. The molecule has 0 unspecified atom stereocenters. The van der Waals surface area contributed by atoms with Crippen LogP contribution in [-0.4, -0.2) is 0 Å². The van der Waals surface area contributed by atoms with Crippen molar-refractivity contribution in [1.82, 2.24) is 0 Å². The molecule has 10 rings (SSSR count). The van der Waals surface area contributed by atoms with E-state index in [1.54, 1.807) is 0 Å². The fraction of sp³-hybridized carbons (Fsp3) is 0.0189.